The van der Waals surface area contributed by atoms with Crippen LogP contribution in [0.4, 0.5) is 0 Å². The van der Waals surface area contributed by atoms with Gasteiger partial charge in [-0.25, -0.2) is 0 Å². The Balaban J connectivity index is -0.0000000746. The number of unbranched alkanes of at least 4 members (excludes halogenated alkanes) is 6. The molecule has 0 spiro atoms. The molecule has 22 nitrogen and oxygen atoms in total. The second kappa shape index (κ2) is 162. The Morgan fingerprint density at radius 3 is 1.04 bits per heavy atom. The average Bonchev–Trinajstić information content (AvgIpc) is 1.68. The van der Waals surface area contributed by atoms with Gasteiger partial charge in [-0.15, -0.1) is 11.8 Å². The monoisotopic (exact) mass is 2070 g/mol. The first kappa shape index (κ1) is 180. The Hall–Kier alpha value is -0.810. The largest absolute Gasteiger partial charge is 0.382 e. The number of hydrogen-bond donors (Lipinski definition) is 6. The van der Waals surface area contributed by atoms with Gasteiger partial charge < -0.3 is 80.4 Å². The highest BCUT2D eigenvalue weighted by atomic mass is 32.2. The highest BCUT2D eigenvalue weighted by Crippen LogP contribution is 2.48. The number of ether oxygens (including phenoxy) is 4. The normalized spacial score (nSPS) is 16.7. The van der Waals surface area contributed by atoms with E-state index in [9.17, 15) is 43.6 Å². The molecule has 8 unspecified atom stereocenters. The minimum absolute atomic E-state index is 0.0200. The number of thioether (sulfide) groups is 1. The number of amides is 3. The standard InChI is InChI=1S/C28H49NO10P2S.C19H39NO10P2.20C3H8.C2H6/c1-5-23(30)22-12-10-21(11-13-22)19-29-27(31)18-26(28(29)32)42-17-9-7-6-8-15-37-41(4,34)39-24-14-16-36-25(24)20-38-40(3,33)35-2;1-25-14-15-26-12-9-19(21)20-10-6-4-5-7-11-28-32(3,24)29-16-18-17(8-13-27-18)30-31(2,22)23;20*1-3-2;1-2/h21-22,24-26,33-34H,3-20H2,1-2H3;17-18,22-24H,2-16H2,1H3,(H,20,21);20*3H2,1-2H3;1-2H3. The maximum Gasteiger partial charge on any atom is 0.248 e. The van der Waals surface area contributed by atoms with E-state index in [4.69, 9.17) is 50.6 Å². The molecule has 0 aromatic carbocycles. The highest BCUT2D eigenvalue weighted by Gasteiger charge is 2.41. The third-order valence-electron chi connectivity index (χ3n) is 12.6. The van der Waals surface area contributed by atoms with Crippen LogP contribution in [0.1, 0.15) is 535 Å². The first-order valence-corrected chi connectivity index (χ1v) is 63.1. The van der Waals surface area contributed by atoms with Gasteiger partial charge in [0.05, 0.1) is 63.7 Å². The van der Waals surface area contributed by atoms with Crippen molar-refractivity contribution in [1.82, 2.24) is 10.2 Å². The van der Waals surface area contributed by atoms with Crippen LogP contribution in [0.5, 0.6) is 0 Å². The van der Waals surface area contributed by atoms with Crippen LogP contribution >= 0.6 is 42.0 Å². The Bertz CT molecular complexity index is 2160. The number of hydrogen-bond acceptors (Lipinski definition) is 21. The topological polar surface area (TPSA) is 286 Å². The van der Waals surface area contributed by atoms with Gasteiger partial charge in [-0.05, 0) is 88.2 Å². The summed E-state index contributed by atoms with van der Waals surface area (Å²) < 4.78 is 58.4. The molecule has 3 heterocycles. The molecule has 0 aromatic rings. The second-order valence-electron chi connectivity index (χ2n) is 32.8. The first-order chi connectivity index (χ1) is 64.4. The summed E-state index contributed by atoms with van der Waals surface area (Å²) in [4.78, 5) is 99.8. The van der Waals surface area contributed by atoms with Gasteiger partial charge in [-0.1, -0.05) is 452 Å². The van der Waals surface area contributed by atoms with Gasteiger partial charge in [0.1, 0.15) is 18.0 Å². The molecule has 3 saturated heterocycles. The number of imide groups is 1. The smallest absolute Gasteiger partial charge is 0.248 e. The predicted octanol–water partition coefficient (Wildman–Crippen LogP) is 35.1. The molecule has 0 aromatic heterocycles. The van der Waals surface area contributed by atoms with Crippen LogP contribution in [0.15, 0.2) is 0 Å². The molecule has 6 N–H and O–H groups in total. The fraction of sp³-hybridized carbons (Fsp3) is 0.927. The van der Waals surface area contributed by atoms with Crippen molar-refractivity contribution in [2.24, 2.45) is 11.8 Å². The number of carbonyl (C=O) groups excluding carboxylic acids is 4. The van der Waals surface area contributed by atoms with E-state index in [1.165, 1.54) is 140 Å². The van der Waals surface area contributed by atoms with Crippen LogP contribution < -0.4 is 5.32 Å². The lowest BCUT2D eigenvalue weighted by Crippen LogP contribution is -2.37. The van der Waals surface area contributed by atoms with Crippen molar-refractivity contribution in [2.45, 2.75) is 565 Å². The summed E-state index contributed by atoms with van der Waals surface area (Å²) in [6.07, 6.45) is 49.5. The zero-order valence-corrected chi connectivity index (χ0v) is 104. The molecular weight excluding hydrogens is 1810 g/mol. The van der Waals surface area contributed by atoms with E-state index in [1.54, 1.807) is 18.9 Å². The summed E-state index contributed by atoms with van der Waals surface area (Å²) in [6, 6.07) is 0. The van der Waals surface area contributed by atoms with E-state index in [2.05, 4.69) is 307 Å². The Morgan fingerprint density at radius 2 is 0.713 bits per heavy atom. The van der Waals surface area contributed by atoms with E-state index in [1.807, 2.05) is 20.8 Å². The van der Waals surface area contributed by atoms with Gasteiger partial charge in [0.15, 0.2) is 0 Å². The van der Waals surface area contributed by atoms with Crippen LogP contribution in [-0.4, -0.2) is 200 Å². The van der Waals surface area contributed by atoms with Crippen LogP contribution in [0, 0.1) is 11.8 Å². The highest BCUT2D eigenvalue weighted by molar-refractivity contribution is 8.00. The van der Waals surface area contributed by atoms with Crippen LogP contribution in [0.2, 0.25) is 0 Å². The van der Waals surface area contributed by atoms with Crippen LogP contribution in [0.25, 0.3) is 0 Å². The molecule has 4 fully saturated rings. The molecule has 1 aliphatic carbocycles. The van der Waals surface area contributed by atoms with Gasteiger partial charge in [0.2, 0.25) is 48.0 Å². The van der Waals surface area contributed by atoms with Crippen molar-refractivity contribution in [3.63, 3.8) is 0 Å². The molecular formula is C109H254N2O20P4S. The third kappa shape index (κ3) is 188. The number of nitrogens with zero attached hydrogens (tertiary/aromatic N) is 1. The lowest BCUT2D eigenvalue weighted by atomic mass is 9.79. The second-order valence-corrected chi connectivity index (χ2v) is 41.1. The summed E-state index contributed by atoms with van der Waals surface area (Å²) >= 11 is 1.56. The Kier molecular flexibility index (Phi) is 215. The molecule has 1 saturated carbocycles. The number of ketones is 1. The van der Waals surface area contributed by atoms with Gasteiger partial charge in [0.25, 0.3) is 0 Å². The predicted molar refractivity (Wildman–Crippen MR) is 623 cm³/mol. The maximum atomic E-state index is 12.9. The van der Waals surface area contributed by atoms with Gasteiger partial charge in [-0.2, -0.15) is 0 Å². The SMILES string of the molecule is C=P(O)(O)OC1CCOC1COP(=C)(O)OCCCCCCNC(=O)CCOCCOC.C=P(O)(OC)OCC1OCCC1OP(=C)(O)OCCCCCCSC1CC(=O)N(CC2CCC(C(=O)CC)CC2)C1=O.CC.CCC.CCC.CCC.CCC.CCC.CCC.CCC.CCC.CCC.CCC.CCC.CCC.CCC.CCC.CCC.CCC.CCC.CCC.CCC.CCC. The minimum Gasteiger partial charge on any atom is -0.382 e. The number of methoxy groups -OCH3 is 1. The molecule has 27 heteroatoms. The van der Waals surface area contributed by atoms with Crippen LogP contribution in [-0.2, 0) is 69.8 Å². The number of nitrogens with one attached hydrogen (secondary N) is 1. The van der Waals surface area contributed by atoms with Crippen molar-refractivity contribution < 1.29 is 94.3 Å². The molecule has 3 aliphatic heterocycles. The molecule has 846 valence electrons. The van der Waals surface area contributed by atoms with Crippen molar-refractivity contribution in [2.75, 3.05) is 92.5 Å². The van der Waals surface area contributed by atoms with Crippen molar-refractivity contribution in [1.29, 1.82) is 0 Å². The van der Waals surface area contributed by atoms with Gasteiger partial charge >= 0.3 is 0 Å². The number of carbonyl (C=O) groups is 4. The average molecular weight is 2070 g/mol. The van der Waals surface area contributed by atoms with Crippen molar-refractivity contribution >= 4 is 90.7 Å². The zero-order chi connectivity index (χ0) is 111. The molecule has 4 aliphatic rings. The molecule has 136 heavy (non-hydrogen) atoms. The number of rotatable bonds is 38. The first-order valence-electron chi connectivity index (χ1n) is 55.0. The van der Waals surface area contributed by atoms with Crippen molar-refractivity contribution in [3.05, 3.63) is 0 Å². The van der Waals surface area contributed by atoms with E-state index >= 15 is 0 Å². The molecule has 4 rings (SSSR count). The Morgan fingerprint density at radius 1 is 0.397 bits per heavy atom. The molecule has 0 bridgehead atoms. The number of Topliss-reactive ketones (excluding diaryl/α,β-unsaturated/α-hetero) is 1. The number of likely N-dealkylation sites (tertiary alicyclic amines) is 1. The van der Waals surface area contributed by atoms with E-state index in [0.717, 1.165) is 82.8 Å². The maximum absolute atomic E-state index is 12.9. The molecule has 0 radical (unpaired) electrons. The lowest BCUT2D eigenvalue weighted by Gasteiger charge is -2.30. The van der Waals surface area contributed by atoms with Gasteiger partial charge in [-0.3, -0.25) is 24.1 Å². The fourth-order valence-corrected chi connectivity index (χ4v) is 12.8. The summed E-state index contributed by atoms with van der Waals surface area (Å²) in [7, 11) is -10.4. The molecule has 8 atom stereocenters. The summed E-state index contributed by atoms with van der Waals surface area (Å²) in [6.45, 7) is 94.8. The third-order valence-corrected chi connectivity index (χ3v) is 18.0. The van der Waals surface area contributed by atoms with E-state index in [0.29, 0.717) is 96.7 Å². The van der Waals surface area contributed by atoms with E-state index < -0.39 is 54.7 Å². The zero-order valence-electron chi connectivity index (χ0n) is 100. The van der Waals surface area contributed by atoms with Crippen LogP contribution in [0.3, 0.4) is 0 Å². The van der Waals surface area contributed by atoms with Crippen molar-refractivity contribution in [3.8, 4) is 0 Å². The lowest BCUT2D eigenvalue weighted by molar-refractivity contribution is -0.139. The summed E-state index contributed by atoms with van der Waals surface area (Å²) in [5.41, 5.74) is 0. The minimum atomic E-state index is -3.63. The van der Waals surface area contributed by atoms with E-state index in [-0.39, 0.29) is 48.5 Å². The quantitative estimate of drug-likeness (QED) is 0.0190. The summed E-state index contributed by atoms with van der Waals surface area (Å²) in [5, 5.41) is 2.55. The molecule has 3 amide bonds. The Labute approximate surface area is 859 Å². The summed E-state index contributed by atoms with van der Waals surface area (Å²) in [5.74, 6) is 1.41. The fourth-order valence-electron chi connectivity index (χ4n) is 8.43. The van der Waals surface area contributed by atoms with Gasteiger partial charge in [0, 0.05) is 78.5 Å².